The predicted octanol–water partition coefficient (Wildman–Crippen LogP) is 9.44. The standard InChI is InChI=1S/C38H55ClO3/c1-24(2)27-14-19-38(23-42-32(41)22-25-8-10-26(39)11-9-25)21-20-36(6)28(33(27)38)12-13-30-35(5)17-16-31(40)34(3,4)29(35)15-18-37(30,36)7/h8-11,27-31,33,40H,1,12-23H2,2-7H3/t27-,28+,29-,30+,31-,33+,35-,36+,37+,38+/m0/s1. The third-order valence-electron chi connectivity index (χ3n) is 15.0. The van der Waals surface area contributed by atoms with Crippen LogP contribution in [0.3, 0.4) is 0 Å². The van der Waals surface area contributed by atoms with Crippen molar-refractivity contribution in [2.45, 2.75) is 118 Å². The lowest BCUT2D eigenvalue weighted by Gasteiger charge is -2.73. The van der Waals surface area contributed by atoms with Crippen LogP contribution in [0.5, 0.6) is 0 Å². The van der Waals surface area contributed by atoms with E-state index >= 15 is 0 Å². The Labute approximate surface area is 260 Å². The number of aliphatic hydroxyl groups excluding tert-OH is 1. The van der Waals surface area contributed by atoms with Crippen LogP contribution < -0.4 is 0 Å². The average molecular weight is 595 g/mol. The Bertz CT molecular complexity index is 1220. The van der Waals surface area contributed by atoms with Gasteiger partial charge in [0, 0.05) is 10.4 Å². The molecule has 0 bridgehead atoms. The van der Waals surface area contributed by atoms with Gasteiger partial charge in [0.1, 0.15) is 0 Å². The van der Waals surface area contributed by atoms with Gasteiger partial charge in [0.25, 0.3) is 0 Å². The molecule has 0 heterocycles. The highest BCUT2D eigenvalue weighted by Gasteiger charge is 2.71. The first-order chi connectivity index (χ1) is 19.7. The van der Waals surface area contributed by atoms with E-state index in [9.17, 15) is 9.90 Å². The van der Waals surface area contributed by atoms with E-state index in [-0.39, 0.29) is 28.3 Å². The summed E-state index contributed by atoms with van der Waals surface area (Å²) in [4.78, 5) is 13.1. The second-order valence-electron chi connectivity index (χ2n) is 16.9. The molecule has 42 heavy (non-hydrogen) atoms. The molecule has 5 aliphatic rings. The third-order valence-corrected chi connectivity index (χ3v) is 15.3. The molecule has 0 radical (unpaired) electrons. The minimum Gasteiger partial charge on any atom is -0.465 e. The van der Waals surface area contributed by atoms with Crippen molar-refractivity contribution in [3.05, 3.63) is 47.0 Å². The quantitative estimate of drug-likeness (QED) is 0.273. The Hall–Kier alpha value is -1.32. The van der Waals surface area contributed by atoms with Crippen molar-refractivity contribution in [1.82, 2.24) is 0 Å². The molecule has 5 saturated carbocycles. The van der Waals surface area contributed by atoms with E-state index < -0.39 is 0 Å². The molecular formula is C38H55ClO3. The van der Waals surface area contributed by atoms with E-state index in [0.29, 0.717) is 58.5 Å². The lowest BCUT2D eigenvalue weighted by molar-refractivity contribution is -0.250. The van der Waals surface area contributed by atoms with Gasteiger partial charge in [0.05, 0.1) is 19.1 Å². The maximum Gasteiger partial charge on any atom is 0.310 e. The van der Waals surface area contributed by atoms with Crippen molar-refractivity contribution >= 4 is 17.6 Å². The van der Waals surface area contributed by atoms with Crippen LogP contribution in [0.15, 0.2) is 36.4 Å². The number of hydrogen-bond donors (Lipinski definition) is 1. The van der Waals surface area contributed by atoms with Crippen molar-refractivity contribution in [2.24, 2.45) is 56.7 Å². The molecule has 0 unspecified atom stereocenters. The van der Waals surface area contributed by atoms with Crippen molar-refractivity contribution in [3.63, 3.8) is 0 Å². The maximum absolute atomic E-state index is 13.1. The molecule has 3 nitrogen and oxygen atoms in total. The number of allylic oxidation sites excluding steroid dienone is 1. The number of fused-ring (bicyclic) bond motifs is 7. The molecule has 0 amide bonds. The minimum absolute atomic E-state index is 0.0137. The van der Waals surface area contributed by atoms with Crippen molar-refractivity contribution in [3.8, 4) is 0 Å². The van der Waals surface area contributed by atoms with E-state index in [4.69, 9.17) is 16.3 Å². The summed E-state index contributed by atoms with van der Waals surface area (Å²) < 4.78 is 6.19. The molecule has 0 aromatic heterocycles. The van der Waals surface area contributed by atoms with Crippen molar-refractivity contribution < 1.29 is 14.6 Å². The Morgan fingerprint density at radius 1 is 0.905 bits per heavy atom. The van der Waals surface area contributed by atoms with Gasteiger partial charge in [-0.1, -0.05) is 70.5 Å². The van der Waals surface area contributed by atoms with Crippen LogP contribution in [-0.2, 0) is 16.0 Å². The zero-order valence-electron chi connectivity index (χ0n) is 27.1. The van der Waals surface area contributed by atoms with Gasteiger partial charge in [-0.2, -0.15) is 0 Å². The van der Waals surface area contributed by atoms with Crippen LogP contribution >= 0.6 is 11.6 Å². The molecule has 232 valence electrons. The predicted molar refractivity (Wildman–Crippen MR) is 171 cm³/mol. The topological polar surface area (TPSA) is 46.5 Å². The number of carbonyl (C=O) groups is 1. The third kappa shape index (κ3) is 4.40. The highest BCUT2D eigenvalue weighted by molar-refractivity contribution is 6.30. The first-order valence-electron chi connectivity index (χ1n) is 16.9. The molecule has 0 saturated heterocycles. The van der Waals surface area contributed by atoms with Crippen LogP contribution in [-0.4, -0.2) is 23.8 Å². The molecule has 5 fully saturated rings. The van der Waals surface area contributed by atoms with Gasteiger partial charge in [-0.15, -0.1) is 0 Å². The normalized spacial score (nSPS) is 45.6. The lowest BCUT2D eigenvalue weighted by atomic mass is 9.32. The fraction of sp³-hybridized carbons (Fsp3) is 0.763. The SMILES string of the molecule is C=C(C)[C@@H]1CC[C@]2(COC(=O)Cc3ccc(Cl)cc3)CC[C@]3(C)[C@H](CC[C@@H]4[C@@]5(C)CC[C@H](O)C(C)(C)[C@@H]5CC[C@]43C)[C@@H]12. The van der Waals surface area contributed by atoms with E-state index in [2.05, 4.69) is 48.1 Å². The monoisotopic (exact) mass is 594 g/mol. The lowest BCUT2D eigenvalue weighted by Crippen LogP contribution is -2.66. The number of ether oxygens (including phenoxy) is 1. The fourth-order valence-corrected chi connectivity index (χ4v) is 12.7. The molecule has 0 spiro atoms. The fourth-order valence-electron chi connectivity index (χ4n) is 12.6. The number of aliphatic hydroxyl groups is 1. The van der Waals surface area contributed by atoms with E-state index in [0.717, 1.165) is 31.2 Å². The number of halogens is 1. The molecule has 1 aromatic rings. The first-order valence-corrected chi connectivity index (χ1v) is 17.3. The summed E-state index contributed by atoms with van der Waals surface area (Å²) in [6, 6.07) is 7.53. The van der Waals surface area contributed by atoms with Gasteiger partial charge in [-0.25, -0.2) is 0 Å². The number of benzene rings is 1. The van der Waals surface area contributed by atoms with Crippen LogP contribution in [0.2, 0.25) is 5.02 Å². The molecule has 1 aromatic carbocycles. The first kappa shape index (κ1) is 30.7. The van der Waals surface area contributed by atoms with Gasteiger partial charge in [-0.3, -0.25) is 4.79 Å². The van der Waals surface area contributed by atoms with E-state index in [1.54, 1.807) is 0 Å². The second-order valence-corrected chi connectivity index (χ2v) is 17.3. The molecule has 6 rings (SSSR count). The summed E-state index contributed by atoms with van der Waals surface area (Å²) >= 11 is 6.06. The Morgan fingerprint density at radius 3 is 2.31 bits per heavy atom. The van der Waals surface area contributed by atoms with Crippen molar-refractivity contribution in [1.29, 1.82) is 0 Å². The Kier molecular flexibility index (Phi) is 7.58. The summed E-state index contributed by atoms with van der Waals surface area (Å²) in [6.45, 7) is 19.9. The van der Waals surface area contributed by atoms with Crippen molar-refractivity contribution in [2.75, 3.05) is 6.61 Å². The van der Waals surface area contributed by atoms with Gasteiger partial charge in [0.15, 0.2) is 0 Å². The largest absolute Gasteiger partial charge is 0.465 e. The zero-order chi connectivity index (χ0) is 30.3. The Balaban J connectivity index is 1.27. The summed E-state index contributed by atoms with van der Waals surface area (Å²) in [5, 5.41) is 11.7. The highest BCUT2D eigenvalue weighted by atomic mass is 35.5. The summed E-state index contributed by atoms with van der Waals surface area (Å²) in [5.74, 6) is 2.84. The summed E-state index contributed by atoms with van der Waals surface area (Å²) in [6.07, 6.45) is 12.0. The number of hydrogen-bond acceptors (Lipinski definition) is 3. The van der Waals surface area contributed by atoms with Gasteiger partial charge >= 0.3 is 5.97 Å². The molecule has 5 aliphatic carbocycles. The Morgan fingerprint density at radius 2 is 1.62 bits per heavy atom. The molecule has 4 heteroatoms. The molecule has 0 aliphatic heterocycles. The number of rotatable bonds is 5. The van der Waals surface area contributed by atoms with Crippen LogP contribution in [0, 0.1) is 56.7 Å². The maximum atomic E-state index is 13.1. The summed E-state index contributed by atoms with van der Waals surface area (Å²) in [5.41, 5.74) is 3.17. The highest BCUT2D eigenvalue weighted by Crippen LogP contribution is 2.77. The second kappa shape index (κ2) is 10.4. The van der Waals surface area contributed by atoms with Crippen LogP contribution in [0.1, 0.15) is 111 Å². The molecule has 10 atom stereocenters. The zero-order valence-corrected chi connectivity index (χ0v) is 27.9. The molecular weight excluding hydrogens is 540 g/mol. The smallest absolute Gasteiger partial charge is 0.310 e. The van der Waals surface area contributed by atoms with Crippen LogP contribution in [0.25, 0.3) is 0 Å². The van der Waals surface area contributed by atoms with Gasteiger partial charge < -0.3 is 9.84 Å². The van der Waals surface area contributed by atoms with Gasteiger partial charge in [-0.05, 0) is 140 Å². The minimum atomic E-state index is -0.181. The number of esters is 1. The number of carbonyl (C=O) groups excluding carboxylic acids is 1. The molecule has 1 N–H and O–H groups in total. The summed E-state index contributed by atoms with van der Waals surface area (Å²) in [7, 11) is 0. The van der Waals surface area contributed by atoms with E-state index in [1.165, 1.54) is 44.1 Å². The van der Waals surface area contributed by atoms with Gasteiger partial charge in [0.2, 0.25) is 0 Å². The van der Waals surface area contributed by atoms with Crippen LogP contribution in [0.4, 0.5) is 0 Å². The average Bonchev–Trinajstić information content (AvgIpc) is 3.32. The van der Waals surface area contributed by atoms with E-state index in [1.807, 2.05) is 24.3 Å².